The number of aryl methyl sites for hydroxylation is 1. The van der Waals surface area contributed by atoms with E-state index in [0.29, 0.717) is 23.6 Å². The van der Waals surface area contributed by atoms with Crippen LogP contribution in [0.2, 0.25) is 0 Å². The first-order valence-corrected chi connectivity index (χ1v) is 6.15. The molecule has 1 unspecified atom stereocenters. The Bertz CT molecular complexity index is 560. The first kappa shape index (κ1) is 13.9. The number of pyridine rings is 1. The second-order valence-electron chi connectivity index (χ2n) is 4.20. The molecule has 0 aliphatic rings. The fourth-order valence-corrected chi connectivity index (χ4v) is 1.67. The van der Waals surface area contributed by atoms with Crippen LogP contribution in [-0.2, 0) is 6.42 Å². The van der Waals surface area contributed by atoms with Crippen LogP contribution in [-0.4, -0.2) is 31.5 Å². The van der Waals surface area contributed by atoms with Crippen molar-refractivity contribution in [2.45, 2.75) is 26.3 Å². The number of aromatic amines is 1. The van der Waals surface area contributed by atoms with Gasteiger partial charge in [-0.2, -0.15) is 5.21 Å². The molecule has 9 nitrogen and oxygen atoms in total. The summed E-state index contributed by atoms with van der Waals surface area (Å²) < 4.78 is 0. The number of nitrogens with one attached hydrogen (secondary N) is 3. The van der Waals surface area contributed by atoms with Gasteiger partial charge in [0.25, 0.3) is 5.91 Å². The molecule has 0 aromatic carbocycles. The van der Waals surface area contributed by atoms with Crippen LogP contribution >= 0.6 is 0 Å². The summed E-state index contributed by atoms with van der Waals surface area (Å²) >= 11 is 0. The molecule has 0 radical (unpaired) electrons. The maximum atomic E-state index is 12.2. The number of H-pyrrole nitrogens is 1. The van der Waals surface area contributed by atoms with E-state index in [9.17, 15) is 4.79 Å². The van der Waals surface area contributed by atoms with Crippen LogP contribution in [0.5, 0.6) is 0 Å². The van der Waals surface area contributed by atoms with Crippen molar-refractivity contribution in [3.8, 4) is 0 Å². The van der Waals surface area contributed by atoms with Crippen LogP contribution < -0.4 is 16.6 Å². The molecule has 0 saturated heterocycles. The van der Waals surface area contributed by atoms with E-state index in [-0.39, 0.29) is 11.9 Å². The number of tetrazole rings is 1. The van der Waals surface area contributed by atoms with E-state index in [1.54, 1.807) is 19.1 Å². The predicted octanol–water partition coefficient (Wildman–Crippen LogP) is -0.0663. The summed E-state index contributed by atoms with van der Waals surface area (Å²) in [4.78, 5) is 16.4. The Morgan fingerprint density at radius 1 is 1.50 bits per heavy atom. The van der Waals surface area contributed by atoms with Gasteiger partial charge >= 0.3 is 0 Å². The average Bonchev–Trinajstić information content (AvgIpc) is 3.00. The van der Waals surface area contributed by atoms with Crippen molar-refractivity contribution in [1.82, 2.24) is 30.9 Å². The van der Waals surface area contributed by atoms with E-state index in [1.807, 2.05) is 6.92 Å². The highest BCUT2D eigenvalue weighted by Gasteiger charge is 2.16. The van der Waals surface area contributed by atoms with Crippen molar-refractivity contribution in [2.75, 3.05) is 5.43 Å². The molecule has 0 aliphatic heterocycles. The Kier molecular flexibility index (Phi) is 4.20. The van der Waals surface area contributed by atoms with Crippen LogP contribution in [0.15, 0.2) is 12.1 Å². The summed E-state index contributed by atoms with van der Waals surface area (Å²) in [6, 6.07) is 2.95. The summed E-state index contributed by atoms with van der Waals surface area (Å²) in [5.74, 6) is 5.95. The molecule has 0 fully saturated rings. The lowest BCUT2D eigenvalue weighted by Crippen LogP contribution is -2.28. The van der Waals surface area contributed by atoms with Gasteiger partial charge in [-0.3, -0.25) is 4.79 Å². The van der Waals surface area contributed by atoms with E-state index < -0.39 is 0 Å². The smallest absolute Gasteiger partial charge is 0.252 e. The SMILES string of the molecule is CCc1cc(C(=O)NC(C)c2nn[nH]n2)cc(NN)n1. The zero-order chi connectivity index (χ0) is 14.5. The molecule has 2 heterocycles. The Morgan fingerprint density at radius 2 is 2.30 bits per heavy atom. The van der Waals surface area contributed by atoms with Gasteiger partial charge in [0.15, 0.2) is 5.82 Å². The summed E-state index contributed by atoms with van der Waals surface area (Å²) in [7, 11) is 0. The first-order valence-electron chi connectivity index (χ1n) is 6.15. The van der Waals surface area contributed by atoms with Gasteiger partial charge in [-0.1, -0.05) is 12.1 Å². The van der Waals surface area contributed by atoms with Gasteiger partial charge < -0.3 is 10.7 Å². The van der Waals surface area contributed by atoms with Crippen molar-refractivity contribution >= 4 is 11.7 Å². The summed E-state index contributed by atoms with van der Waals surface area (Å²) in [5, 5.41) is 16.2. The molecule has 106 valence electrons. The van der Waals surface area contributed by atoms with E-state index >= 15 is 0 Å². The fraction of sp³-hybridized carbons (Fsp3) is 0.364. The van der Waals surface area contributed by atoms with E-state index in [0.717, 1.165) is 5.69 Å². The predicted molar refractivity (Wildman–Crippen MR) is 71.5 cm³/mol. The molecule has 2 aromatic heterocycles. The van der Waals surface area contributed by atoms with Crippen molar-refractivity contribution in [1.29, 1.82) is 0 Å². The second kappa shape index (κ2) is 6.06. The van der Waals surface area contributed by atoms with Crippen molar-refractivity contribution in [3.63, 3.8) is 0 Å². The van der Waals surface area contributed by atoms with Crippen molar-refractivity contribution < 1.29 is 4.79 Å². The summed E-state index contributed by atoms with van der Waals surface area (Å²) in [5.41, 5.74) is 3.70. The number of nitrogens with zero attached hydrogens (tertiary/aromatic N) is 4. The first-order chi connectivity index (χ1) is 9.63. The molecule has 0 bridgehead atoms. The monoisotopic (exact) mass is 276 g/mol. The molecule has 0 aliphatic carbocycles. The highest BCUT2D eigenvalue weighted by molar-refractivity contribution is 5.95. The minimum Gasteiger partial charge on any atom is -0.342 e. The number of anilines is 1. The van der Waals surface area contributed by atoms with Gasteiger partial charge in [0.1, 0.15) is 5.82 Å². The minimum absolute atomic E-state index is 0.254. The van der Waals surface area contributed by atoms with Crippen LogP contribution in [0.25, 0.3) is 0 Å². The number of rotatable bonds is 5. The number of carbonyl (C=O) groups is 1. The van der Waals surface area contributed by atoms with E-state index in [4.69, 9.17) is 5.84 Å². The normalized spacial score (nSPS) is 11.9. The highest BCUT2D eigenvalue weighted by Crippen LogP contribution is 2.12. The number of aromatic nitrogens is 5. The molecule has 1 amide bonds. The summed E-state index contributed by atoms with van der Waals surface area (Å²) in [6.45, 7) is 3.72. The van der Waals surface area contributed by atoms with Gasteiger partial charge in [-0.25, -0.2) is 10.8 Å². The van der Waals surface area contributed by atoms with Crippen LogP contribution in [0.3, 0.4) is 0 Å². The number of nitrogen functional groups attached to an aromatic ring is 1. The number of hydrogen-bond acceptors (Lipinski definition) is 7. The zero-order valence-corrected chi connectivity index (χ0v) is 11.2. The number of hydrazine groups is 1. The number of amides is 1. The van der Waals surface area contributed by atoms with Gasteiger partial charge in [-0.05, 0) is 25.5 Å². The van der Waals surface area contributed by atoms with Crippen molar-refractivity contribution in [3.05, 3.63) is 29.2 Å². The lowest BCUT2D eigenvalue weighted by atomic mass is 10.1. The molecular weight excluding hydrogens is 260 g/mol. The molecule has 2 aromatic rings. The zero-order valence-electron chi connectivity index (χ0n) is 11.2. The van der Waals surface area contributed by atoms with E-state index in [2.05, 4.69) is 36.4 Å². The third kappa shape index (κ3) is 3.06. The number of nitrogens with two attached hydrogens (primary N) is 1. The molecule has 20 heavy (non-hydrogen) atoms. The van der Waals surface area contributed by atoms with E-state index in [1.165, 1.54) is 0 Å². The largest absolute Gasteiger partial charge is 0.342 e. The highest BCUT2D eigenvalue weighted by atomic mass is 16.1. The standard InChI is InChI=1S/C11H16N8O/c1-3-8-4-7(5-9(14-8)15-12)11(20)13-6(2)10-16-18-19-17-10/h4-6H,3,12H2,1-2H3,(H,13,20)(H,14,15)(H,16,17,18,19). The topological polar surface area (TPSA) is 134 Å². The Morgan fingerprint density at radius 3 is 2.90 bits per heavy atom. The molecule has 5 N–H and O–H groups in total. The minimum atomic E-state index is -0.353. The number of carbonyl (C=O) groups excluding carboxylic acids is 1. The lowest BCUT2D eigenvalue weighted by molar-refractivity contribution is 0.0938. The third-order valence-corrected chi connectivity index (χ3v) is 2.75. The molecule has 9 heteroatoms. The molecule has 1 atom stereocenters. The fourth-order valence-electron chi connectivity index (χ4n) is 1.67. The molecule has 0 spiro atoms. The Labute approximate surface area is 115 Å². The second-order valence-corrected chi connectivity index (χ2v) is 4.20. The van der Waals surface area contributed by atoms with Crippen LogP contribution in [0, 0.1) is 0 Å². The maximum absolute atomic E-state index is 12.2. The Balaban J connectivity index is 2.16. The quantitative estimate of drug-likeness (QED) is 0.443. The average molecular weight is 276 g/mol. The van der Waals surface area contributed by atoms with Crippen LogP contribution in [0.4, 0.5) is 5.82 Å². The molecule has 2 rings (SSSR count). The van der Waals surface area contributed by atoms with Gasteiger partial charge in [-0.15, -0.1) is 10.2 Å². The van der Waals surface area contributed by atoms with Crippen LogP contribution in [0.1, 0.15) is 41.8 Å². The van der Waals surface area contributed by atoms with Gasteiger partial charge in [0.05, 0.1) is 6.04 Å². The Hall–Kier alpha value is -2.55. The van der Waals surface area contributed by atoms with Gasteiger partial charge in [0, 0.05) is 11.3 Å². The summed E-state index contributed by atoms with van der Waals surface area (Å²) in [6.07, 6.45) is 0.705. The number of hydrogen-bond donors (Lipinski definition) is 4. The van der Waals surface area contributed by atoms with Crippen molar-refractivity contribution in [2.24, 2.45) is 5.84 Å². The molecular formula is C11H16N8O. The third-order valence-electron chi connectivity index (χ3n) is 2.75. The molecule has 0 saturated carbocycles. The van der Waals surface area contributed by atoms with Gasteiger partial charge in [0.2, 0.25) is 0 Å². The lowest BCUT2D eigenvalue weighted by Gasteiger charge is -2.11. The maximum Gasteiger partial charge on any atom is 0.252 e.